The van der Waals surface area contributed by atoms with Crippen LogP contribution in [0.4, 0.5) is 0 Å². The average Bonchev–Trinajstić information content (AvgIpc) is 2.72. The lowest BCUT2D eigenvalue weighted by molar-refractivity contribution is 0.136. The van der Waals surface area contributed by atoms with E-state index in [9.17, 15) is 5.11 Å². The summed E-state index contributed by atoms with van der Waals surface area (Å²) in [5.41, 5.74) is 1.22. The highest BCUT2D eigenvalue weighted by atomic mass is 16.3. The van der Waals surface area contributed by atoms with E-state index in [-0.39, 0.29) is 6.10 Å². The molecule has 14 heavy (non-hydrogen) atoms. The zero-order valence-corrected chi connectivity index (χ0v) is 8.32. The SMILES string of the molecule is O[C@@H](Cc1ccccc1)[C@H]1CCCN1. The Labute approximate surface area is 85.0 Å². The Bertz CT molecular complexity index is 267. The third-order valence-corrected chi connectivity index (χ3v) is 2.85. The molecule has 0 bridgehead atoms. The maximum Gasteiger partial charge on any atom is 0.0733 e. The number of aliphatic hydroxyl groups excluding tert-OH is 1. The van der Waals surface area contributed by atoms with Crippen molar-refractivity contribution < 1.29 is 5.11 Å². The maximum atomic E-state index is 9.94. The van der Waals surface area contributed by atoms with Crippen molar-refractivity contribution in [3.8, 4) is 0 Å². The first-order valence-corrected chi connectivity index (χ1v) is 5.31. The van der Waals surface area contributed by atoms with Gasteiger partial charge < -0.3 is 10.4 Å². The molecule has 0 radical (unpaired) electrons. The first kappa shape index (κ1) is 9.69. The maximum absolute atomic E-state index is 9.94. The normalized spacial score (nSPS) is 23.6. The van der Waals surface area contributed by atoms with Crippen molar-refractivity contribution in [1.82, 2.24) is 5.32 Å². The molecule has 0 amide bonds. The predicted octanol–water partition coefficient (Wildman–Crippen LogP) is 1.34. The summed E-state index contributed by atoms with van der Waals surface area (Å²) >= 11 is 0. The molecule has 76 valence electrons. The van der Waals surface area contributed by atoms with E-state index in [0.717, 1.165) is 19.4 Å². The summed E-state index contributed by atoms with van der Waals surface area (Å²) in [5.74, 6) is 0. The molecular formula is C12H17NO. The fourth-order valence-electron chi connectivity index (χ4n) is 2.04. The molecule has 1 aromatic carbocycles. The van der Waals surface area contributed by atoms with Crippen LogP contribution in [0.5, 0.6) is 0 Å². The van der Waals surface area contributed by atoms with Gasteiger partial charge in [-0.25, -0.2) is 0 Å². The van der Waals surface area contributed by atoms with Crippen molar-refractivity contribution in [2.24, 2.45) is 0 Å². The smallest absolute Gasteiger partial charge is 0.0733 e. The molecular weight excluding hydrogens is 174 g/mol. The number of benzene rings is 1. The largest absolute Gasteiger partial charge is 0.391 e. The van der Waals surface area contributed by atoms with Crippen LogP contribution < -0.4 is 5.32 Å². The molecule has 2 heteroatoms. The molecule has 1 heterocycles. The van der Waals surface area contributed by atoms with Gasteiger partial charge in [-0.1, -0.05) is 30.3 Å². The third-order valence-electron chi connectivity index (χ3n) is 2.85. The first-order valence-electron chi connectivity index (χ1n) is 5.31. The molecule has 0 aromatic heterocycles. The highest BCUT2D eigenvalue weighted by Gasteiger charge is 2.22. The van der Waals surface area contributed by atoms with E-state index in [1.165, 1.54) is 12.0 Å². The van der Waals surface area contributed by atoms with Crippen LogP contribution in [0.2, 0.25) is 0 Å². The molecule has 2 nitrogen and oxygen atoms in total. The summed E-state index contributed by atoms with van der Waals surface area (Å²) < 4.78 is 0. The quantitative estimate of drug-likeness (QED) is 0.755. The van der Waals surface area contributed by atoms with E-state index < -0.39 is 0 Å². The molecule has 0 spiro atoms. The number of aliphatic hydroxyl groups is 1. The zero-order chi connectivity index (χ0) is 9.80. The Morgan fingerprint density at radius 2 is 2.14 bits per heavy atom. The van der Waals surface area contributed by atoms with Crippen LogP contribution in [-0.2, 0) is 6.42 Å². The van der Waals surface area contributed by atoms with Gasteiger partial charge in [0, 0.05) is 6.04 Å². The van der Waals surface area contributed by atoms with Crippen molar-refractivity contribution in [2.75, 3.05) is 6.54 Å². The molecule has 2 atom stereocenters. The molecule has 2 N–H and O–H groups in total. The fraction of sp³-hybridized carbons (Fsp3) is 0.500. The van der Waals surface area contributed by atoms with Crippen LogP contribution in [0.25, 0.3) is 0 Å². The van der Waals surface area contributed by atoms with Crippen LogP contribution in [0.1, 0.15) is 18.4 Å². The van der Waals surface area contributed by atoms with Gasteiger partial charge in [-0.05, 0) is 31.4 Å². The monoisotopic (exact) mass is 191 g/mol. The van der Waals surface area contributed by atoms with Crippen LogP contribution in [0.3, 0.4) is 0 Å². The second-order valence-electron chi connectivity index (χ2n) is 3.96. The van der Waals surface area contributed by atoms with E-state index in [2.05, 4.69) is 17.4 Å². The molecule has 1 aliphatic rings. The minimum Gasteiger partial charge on any atom is -0.391 e. The van der Waals surface area contributed by atoms with Crippen LogP contribution >= 0.6 is 0 Å². The van der Waals surface area contributed by atoms with Gasteiger partial charge in [-0.3, -0.25) is 0 Å². The summed E-state index contributed by atoms with van der Waals surface area (Å²) in [4.78, 5) is 0. The van der Waals surface area contributed by atoms with Gasteiger partial charge in [0.2, 0.25) is 0 Å². The number of hydrogen-bond donors (Lipinski definition) is 2. The first-order chi connectivity index (χ1) is 6.86. The highest BCUT2D eigenvalue weighted by molar-refractivity contribution is 5.16. The van der Waals surface area contributed by atoms with Gasteiger partial charge in [0.1, 0.15) is 0 Å². The minimum absolute atomic E-state index is 0.236. The molecule has 0 saturated carbocycles. The Kier molecular flexibility index (Phi) is 3.17. The Morgan fingerprint density at radius 1 is 1.36 bits per heavy atom. The van der Waals surface area contributed by atoms with Gasteiger partial charge in [0.25, 0.3) is 0 Å². The van der Waals surface area contributed by atoms with Gasteiger partial charge >= 0.3 is 0 Å². The Morgan fingerprint density at radius 3 is 2.79 bits per heavy atom. The molecule has 1 aliphatic heterocycles. The topological polar surface area (TPSA) is 32.3 Å². The average molecular weight is 191 g/mol. The van der Waals surface area contributed by atoms with Gasteiger partial charge in [0.05, 0.1) is 6.10 Å². The van der Waals surface area contributed by atoms with Crippen molar-refractivity contribution in [2.45, 2.75) is 31.4 Å². The second-order valence-corrected chi connectivity index (χ2v) is 3.96. The molecule has 2 rings (SSSR count). The zero-order valence-electron chi connectivity index (χ0n) is 8.32. The van der Waals surface area contributed by atoms with Gasteiger partial charge in [-0.15, -0.1) is 0 Å². The number of nitrogens with one attached hydrogen (secondary N) is 1. The third kappa shape index (κ3) is 2.34. The second kappa shape index (κ2) is 4.58. The van der Waals surface area contributed by atoms with Crippen molar-refractivity contribution in [3.05, 3.63) is 35.9 Å². The lowest BCUT2D eigenvalue weighted by Gasteiger charge is -2.18. The van der Waals surface area contributed by atoms with Crippen molar-refractivity contribution in [3.63, 3.8) is 0 Å². The van der Waals surface area contributed by atoms with Crippen molar-refractivity contribution >= 4 is 0 Å². The van der Waals surface area contributed by atoms with E-state index in [4.69, 9.17) is 0 Å². The molecule has 1 saturated heterocycles. The van der Waals surface area contributed by atoms with E-state index in [1.54, 1.807) is 0 Å². The highest BCUT2D eigenvalue weighted by Crippen LogP contribution is 2.13. The summed E-state index contributed by atoms with van der Waals surface area (Å²) in [6, 6.07) is 10.5. The van der Waals surface area contributed by atoms with E-state index in [0.29, 0.717) is 6.04 Å². The van der Waals surface area contributed by atoms with Crippen molar-refractivity contribution in [1.29, 1.82) is 0 Å². The van der Waals surface area contributed by atoms with E-state index >= 15 is 0 Å². The standard InChI is InChI=1S/C12H17NO/c14-12(11-7-4-8-13-11)9-10-5-2-1-3-6-10/h1-3,5-6,11-14H,4,7-9H2/t11-,12+/m1/s1. The summed E-state index contributed by atoms with van der Waals surface area (Å²) in [6.07, 6.45) is 2.82. The van der Waals surface area contributed by atoms with Gasteiger partial charge in [-0.2, -0.15) is 0 Å². The molecule has 1 fully saturated rings. The molecule has 0 aliphatic carbocycles. The van der Waals surface area contributed by atoms with Gasteiger partial charge in [0.15, 0.2) is 0 Å². The van der Waals surface area contributed by atoms with Crippen LogP contribution in [0.15, 0.2) is 30.3 Å². The lowest BCUT2D eigenvalue weighted by atomic mass is 10.0. The minimum atomic E-state index is -0.236. The summed E-state index contributed by atoms with van der Waals surface area (Å²) in [7, 11) is 0. The Hall–Kier alpha value is -0.860. The summed E-state index contributed by atoms with van der Waals surface area (Å²) in [6.45, 7) is 1.05. The molecule has 0 unspecified atom stereocenters. The summed E-state index contributed by atoms with van der Waals surface area (Å²) in [5, 5.41) is 13.3. The lowest BCUT2D eigenvalue weighted by Crippen LogP contribution is -2.36. The Balaban J connectivity index is 1.90. The number of rotatable bonds is 3. The molecule has 1 aromatic rings. The number of hydrogen-bond acceptors (Lipinski definition) is 2. The van der Waals surface area contributed by atoms with Crippen LogP contribution in [-0.4, -0.2) is 23.8 Å². The predicted molar refractivity (Wildman–Crippen MR) is 57.2 cm³/mol. The fourth-order valence-corrected chi connectivity index (χ4v) is 2.04. The van der Waals surface area contributed by atoms with E-state index in [1.807, 2.05) is 18.2 Å². The van der Waals surface area contributed by atoms with Crippen LogP contribution in [0, 0.1) is 0 Å².